The van der Waals surface area contributed by atoms with Crippen molar-refractivity contribution < 1.29 is 8.42 Å². The Labute approximate surface area is 122 Å². The van der Waals surface area contributed by atoms with Crippen LogP contribution in [-0.2, 0) is 10.0 Å². The van der Waals surface area contributed by atoms with E-state index in [-0.39, 0.29) is 0 Å². The summed E-state index contributed by atoms with van der Waals surface area (Å²) in [5, 5.41) is 2.66. The minimum absolute atomic E-state index is 0.457. The lowest BCUT2D eigenvalue weighted by Gasteiger charge is -2.16. The zero-order valence-corrected chi connectivity index (χ0v) is 13.5. The summed E-state index contributed by atoms with van der Waals surface area (Å²) in [6, 6.07) is 7.33. The van der Waals surface area contributed by atoms with Crippen LogP contribution in [0.4, 0.5) is 11.4 Å². The van der Waals surface area contributed by atoms with Gasteiger partial charge in [0, 0.05) is 32.0 Å². The van der Waals surface area contributed by atoms with E-state index < -0.39 is 15.3 Å². The Balaban J connectivity index is 2.65. The van der Waals surface area contributed by atoms with Gasteiger partial charge >= 0.3 is 0 Å². The van der Waals surface area contributed by atoms with Gasteiger partial charge in [-0.25, -0.2) is 8.42 Å². The highest BCUT2D eigenvalue weighted by Gasteiger charge is 2.20. The van der Waals surface area contributed by atoms with Crippen LogP contribution >= 0.6 is 0 Å². The zero-order valence-electron chi connectivity index (χ0n) is 12.7. The molecule has 6 heteroatoms. The van der Waals surface area contributed by atoms with E-state index in [1.165, 1.54) is 0 Å². The molecule has 0 aliphatic rings. The highest BCUT2D eigenvalue weighted by molar-refractivity contribution is 7.93. The van der Waals surface area contributed by atoms with Gasteiger partial charge in [-0.15, -0.1) is 0 Å². The fourth-order valence-corrected chi connectivity index (χ4v) is 2.69. The molecular weight excluding hydrogens is 274 g/mol. The van der Waals surface area contributed by atoms with E-state index in [0.29, 0.717) is 12.2 Å². The van der Waals surface area contributed by atoms with Crippen molar-refractivity contribution in [3.8, 4) is 0 Å². The molecular formula is C14H25N3O2S. The number of anilines is 2. The van der Waals surface area contributed by atoms with Crippen molar-refractivity contribution in [1.29, 1.82) is 0 Å². The standard InChI is InChI=1S/C14H25N3O2S/c1-5-10-15-11-12(2)20(18,19)16-13-6-8-14(9-7-13)17(3)4/h6-9,12,15-16H,5,10-11H2,1-4H3. The van der Waals surface area contributed by atoms with Crippen LogP contribution < -0.4 is 14.9 Å². The Kier molecular flexibility index (Phi) is 6.29. The van der Waals surface area contributed by atoms with E-state index in [1.807, 2.05) is 31.1 Å². The zero-order chi connectivity index (χ0) is 15.2. The molecule has 0 spiro atoms. The minimum Gasteiger partial charge on any atom is -0.378 e. The molecule has 0 heterocycles. The molecule has 0 saturated heterocycles. The summed E-state index contributed by atoms with van der Waals surface area (Å²) in [4.78, 5) is 1.97. The average Bonchev–Trinajstić information content (AvgIpc) is 2.39. The van der Waals surface area contributed by atoms with Crippen molar-refractivity contribution in [1.82, 2.24) is 5.32 Å². The molecule has 1 rings (SSSR count). The maximum atomic E-state index is 12.2. The number of benzene rings is 1. The van der Waals surface area contributed by atoms with Gasteiger partial charge < -0.3 is 10.2 Å². The van der Waals surface area contributed by atoms with Gasteiger partial charge in [0.1, 0.15) is 0 Å². The third-order valence-electron chi connectivity index (χ3n) is 3.03. The maximum absolute atomic E-state index is 12.2. The molecule has 1 aromatic carbocycles. The topological polar surface area (TPSA) is 61.4 Å². The largest absolute Gasteiger partial charge is 0.378 e. The lowest BCUT2D eigenvalue weighted by atomic mass is 10.3. The average molecular weight is 299 g/mol. The summed E-state index contributed by atoms with van der Waals surface area (Å²) in [6.45, 7) is 5.05. The Bertz CT molecular complexity index is 498. The summed E-state index contributed by atoms with van der Waals surface area (Å²) in [6.07, 6.45) is 0.992. The van der Waals surface area contributed by atoms with Gasteiger partial charge in [0.25, 0.3) is 0 Å². The molecule has 0 aromatic heterocycles. The molecule has 1 unspecified atom stereocenters. The van der Waals surface area contributed by atoms with Crippen LogP contribution in [-0.4, -0.2) is 40.9 Å². The highest BCUT2D eigenvalue weighted by Crippen LogP contribution is 2.17. The minimum atomic E-state index is -3.35. The Morgan fingerprint density at radius 3 is 2.30 bits per heavy atom. The smallest absolute Gasteiger partial charge is 0.236 e. The molecule has 0 aliphatic heterocycles. The van der Waals surface area contributed by atoms with Gasteiger partial charge in [0.2, 0.25) is 10.0 Å². The molecule has 5 nitrogen and oxygen atoms in total. The summed E-state index contributed by atoms with van der Waals surface area (Å²) in [5.74, 6) is 0. The fourth-order valence-electron chi connectivity index (χ4n) is 1.68. The number of rotatable bonds is 8. The third-order valence-corrected chi connectivity index (χ3v) is 4.78. The first-order chi connectivity index (χ1) is 9.36. The monoisotopic (exact) mass is 299 g/mol. The first-order valence-electron chi connectivity index (χ1n) is 6.86. The first kappa shape index (κ1) is 16.8. The molecule has 20 heavy (non-hydrogen) atoms. The van der Waals surface area contributed by atoms with Crippen LogP contribution in [0.1, 0.15) is 20.3 Å². The Hall–Kier alpha value is -1.27. The normalized spacial score (nSPS) is 13.0. The van der Waals surface area contributed by atoms with Crippen molar-refractivity contribution in [2.75, 3.05) is 36.8 Å². The summed E-state index contributed by atoms with van der Waals surface area (Å²) in [5.41, 5.74) is 1.63. The van der Waals surface area contributed by atoms with Crippen molar-refractivity contribution in [2.45, 2.75) is 25.5 Å². The molecule has 0 saturated carbocycles. The Morgan fingerprint density at radius 1 is 1.20 bits per heavy atom. The van der Waals surface area contributed by atoms with Crippen LogP contribution in [0, 0.1) is 0 Å². The van der Waals surface area contributed by atoms with Crippen LogP contribution in [0.5, 0.6) is 0 Å². The van der Waals surface area contributed by atoms with Crippen LogP contribution in [0.15, 0.2) is 24.3 Å². The van der Waals surface area contributed by atoms with Crippen molar-refractivity contribution >= 4 is 21.4 Å². The predicted molar refractivity (Wildman–Crippen MR) is 85.9 cm³/mol. The van der Waals surface area contributed by atoms with Gasteiger partial charge in [0.15, 0.2) is 0 Å². The quantitative estimate of drug-likeness (QED) is 0.720. The Morgan fingerprint density at radius 2 is 1.80 bits per heavy atom. The number of hydrogen-bond donors (Lipinski definition) is 2. The number of hydrogen-bond acceptors (Lipinski definition) is 4. The number of nitrogens with zero attached hydrogens (tertiary/aromatic N) is 1. The van der Waals surface area contributed by atoms with Gasteiger partial charge in [-0.3, -0.25) is 4.72 Å². The van der Waals surface area contributed by atoms with Crippen molar-refractivity contribution in [3.05, 3.63) is 24.3 Å². The molecule has 1 aromatic rings. The predicted octanol–water partition coefficient (Wildman–Crippen LogP) is 1.88. The maximum Gasteiger partial charge on any atom is 0.236 e. The molecule has 0 radical (unpaired) electrons. The molecule has 0 aliphatic carbocycles. The van der Waals surface area contributed by atoms with Crippen LogP contribution in [0.3, 0.4) is 0 Å². The molecule has 0 amide bonds. The molecule has 0 fully saturated rings. The lowest BCUT2D eigenvalue weighted by molar-refractivity contribution is 0.576. The van der Waals surface area contributed by atoms with Crippen LogP contribution in [0.25, 0.3) is 0 Å². The van der Waals surface area contributed by atoms with E-state index >= 15 is 0 Å². The van der Waals surface area contributed by atoms with E-state index in [1.54, 1.807) is 19.1 Å². The summed E-state index contributed by atoms with van der Waals surface area (Å²) in [7, 11) is 0.537. The van der Waals surface area contributed by atoms with Crippen LogP contribution in [0.2, 0.25) is 0 Å². The molecule has 1 atom stereocenters. The molecule has 114 valence electrons. The van der Waals surface area contributed by atoms with Gasteiger partial charge in [-0.1, -0.05) is 6.92 Å². The molecule has 2 N–H and O–H groups in total. The van der Waals surface area contributed by atoms with E-state index in [0.717, 1.165) is 18.7 Å². The SMILES string of the molecule is CCCNCC(C)S(=O)(=O)Nc1ccc(N(C)C)cc1. The summed E-state index contributed by atoms with van der Waals surface area (Å²) >= 11 is 0. The van der Waals surface area contributed by atoms with Crippen molar-refractivity contribution in [2.24, 2.45) is 0 Å². The molecule has 0 bridgehead atoms. The van der Waals surface area contributed by atoms with E-state index in [9.17, 15) is 8.42 Å². The van der Waals surface area contributed by atoms with E-state index in [2.05, 4.69) is 17.0 Å². The summed E-state index contributed by atoms with van der Waals surface area (Å²) < 4.78 is 26.9. The van der Waals surface area contributed by atoms with Gasteiger partial charge in [-0.05, 0) is 44.2 Å². The third kappa shape index (κ3) is 5.02. The highest BCUT2D eigenvalue weighted by atomic mass is 32.2. The van der Waals surface area contributed by atoms with Gasteiger partial charge in [0.05, 0.1) is 5.25 Å². The fraction of sp³-hybridized carbons (Fsp3) is 0.571. The number of nitrogens with one attached hydrogen (secondary N) is 2. The lowest BCUT2D eigenvalue weighted by Crippen LogP contribution is -2.35. The second-order valence-electron chi connectivity index (χ2n) is 5.10. The van der Waals surface area contributed by atoms with Gasteiger partial charge in [-0.2, -0.15) is 0 Å². The number of sulfonamides is 1. The van der Waals surface area contributed by atoms with Crippen molar-refractivity contribution in [3.63, 3.8) is 0 Å². The second kappa shape index (κ2) is 7.50. The van der Waals surface area contributed by atoms with E-state index in [4.69, 9.17) is 0 Å². The first-order valence-corrected chi connectivity index (χ1v) is 8.41. The second-order valence-corrected chi connectivity index (χ2v) is 7.20.